The molecule has 6 heteroatoms. The van der Waals surface area contributed by atoms with Gasteiger partial charge in [-0.05, 0) is 48.9 Å². The summed E-state index contributed by atoms with van der Waals surface area (Å²) in [4.78, 5) is 16.2. The topological polar surface area (TPSA) is 44.7 Å². The molecule has 0 radical (unpaired) electrons. The molecule has 4 aromatic rings. The lowest BCUT2D eigenvalue weighted by atomic mass is 10.2. The van der Waals surface area contributed by atoms with Crippen LogP contribution in [0.25, 0.3) is 0 Å². The van der Waals surface area contributed by atoms with Crippen molar-refractivity contribution in [1.29, 1.82) is 0 Å². The highest BCUT2D eigenvalue weighted by molar-refractivity contribution is 5.88. The van der Waals surface area contributed by atoms with Gasteiger partial charge in [0, 0.05) is 18.1 Å². The number of benzene rings is 3. The molecule has 3 aliphatic rings. The Morgan fingerprint density at radius 1 is 0.588 bits per heavy atom. The van der Waals surface area contributed by atoms with Gasteiger partial charge in [0.15, 0.2) is 11.6 Å². The second kappa shape index (κ2) is 7.22. The third kappa shape index (κ3) is 2.50. The number of fused-ring (bicyclic) bond motifs is 2. The number of ether oxygens (including phenoxy) is 1. The number of aromatic nitrogens is 2. The van der Waals surface area contributed by atoms with Gasteiger partial charge < -0.3 is 4.74 Å². The minimum atomic E-state index is -1.11. The summed E-state index contributed by atoms with van der Waals surface area (Å²) in [6.07, 6.45) is 8.66. The summed E-state index contributed by atoms with van der Waals surface area (Å²) in [5, 5.41) is 0. The molecule has 1 spiro atoms. The number of hydrogen-bond acceptors (Lipinski definition) is 6. The van der Waals surface area contributed by atoms with Crippen molar-refractivity contribution in [2.45, 2.75) is 12.4 Å². The molecule has 6 nitrogen and oxygen atoms in total. The van der Waals surface area contributed by atoms with Crippen LogP contribution in [0.15, 0.2) is 127 Å². The highest BCUT2D eigenvalue weighted by atomic mass is 16.6. The molecule has 7 rings (SSSR count). The zero-order chi connectivity index (χ0) is 22.5. The maximum atomic E-state index is 7.01. The third-order valence-corrected chi connectivity index (χ3v) is 6.36. The quantitative estimate of drug-likeness (QED) is 0.382. The Morgan fingerprint density at radius 3 is 1.56 bits per heavy atom. The number of allylic oxidation sites excluding steroid dienone is 2. The molecule has 0 unspecified atom stereocenters. The van der Waals surface area contributed by atoms with Crippen molar-refractivity contribution < 1.29 is 4.74 Å². The molecule has 0 N–H and O–H groups in total. The Labute approximate surface area is 197 Å². The Morgan fingerprint density at radius 2 is 1.06 bits per heavy atom. The summed E-state index contributed by atoms with van der Waals surface area (Å²) >= 11 is 0. The number of para-hydroxylation sites is 3. The van der Waals surface area contributed by atoms with Crippen LogP contribution in [0.1, 0.15) is 6.42 Å². The summed E-state index contributed by atoms with van der Waals surface area (Å²) in [5.74, 6) is 1.23. The first-order valence-electron chi connectivity index (χ1n) is 11.3. The van der Waals surface area contributed by atoms with Gasteiger partial charge in [0.2, 0.25) is 0 Å². The predicted molar refractivity (Wildman–Crippen MR) is 133 cm³/mol. The van der Waals surface area contributed by atoms with Crippen molar-refractivity contribution in [3.05, 3.63) is 127 Å². The molecule has 1 aliphatic carbocycles. The second-order valence-corrected chi connectivity index (χ2v) is 8.29. The molecule has 1 fully saturated rings. The number of hydrogen-bond donors (Lipinski definition) is 0. The van der Waals surface area contributed by atoms with E-state index in [0.717, 1.165) is 46.6 Å². The van der Waals surface area contributed by atoms with Crippen molar-refractivity contribution in [1.82, 2.24) is 9.97 Å². The first-order valence-corrected chi connectivity index (χ1v) is 11.3. The minimum absolute atomic E-state index is 0.736. The van der Waals surface area contributed by atoms with E-state index in [1.165, 1.54) is 0 Å². The number of rotatable bonds is 3. The number of nitrogens with zero attached hydrogens (tertiary/aromatic N) is 5. The van der Waals surface area contributed by atoms with Crippen LogP contribution < -0.4 is 14.7 Å². The lowest BCUT2D eigenvalue weighted by molar-refractivity contribution is 0.0594. The van der Waals surface area contributed by atoms with Crippen LogP contribution in [-0.2, 0) is 4.74 Å². The van der Waals surface area contributed by atoms with Crippen LogP contribution in [-0.4, -0.2) is 15.9 Å². The molecule has 0 bridgehead atoms. The fourth-order valence-electron chi connectivity index (χ4n) is 5.05. The summed E-state index contributed by atoms with van der Waals surface area (Å²) in [7, 11) is 0. The molecule has 1 saturated heterocycles. The molecular weight excluding hydrogens is 422 g/mol. The first kappa shape index (κ1) is 18.9. The van der Waals surface area contributed by atoms with Crippen LogP contribution in [0.5, 0.6) is 0 Å². The van der Waals surface area contributed by atoms with Crippen LogP contribution in [0.2, 0.25) is 0 Å². The van der Waals surface area contributed by atoms with Gasteiger partial charge in [-0.1, -0.05) is 60.7 Å². The van der Waals surface area contributed by atoms with E-state index in [9.17, 15) is 0 Å². The van der Waals surface area contributed by atoms with Gasteiger partial charge in [-0.15, -0.1) is 0 Å². The van der Waals surface area contributed by atoms with Crippen LogP contribution in [0, 0.1) is 0 Å². The van der Waals surface area contributed by atoms with E-state index in [4.69, 9.17) is 14.7 Å². The zero-order valence-electron chi connectivity index (χ0n) is 18.3. The average Bonchev–Trinajstić information content (AvgIpc) is 3.55. The molecule has 34 heavy (non-hydrogen) atoms. The molecule has 0 atom stereocenters. The molecular formula is C28H21N5O. The summed E-state index contributed by atoms with van der Waals surface area (Å²) < 4.78 is 7.01. The fourth-order valence-corrected chi connectivity index (χ4v) is 5.05. The van der Waals surface area contributed by atoms with Gasteiger partial charge in [-0.2, -0.15) is 0 Å². The molecule has 1 aromatic heterocycles. The van der Waals surface area contributed by atoms with E-state index in [1.54, 1.807) is 12.4 Å². The molecule has 164 valence electrons. The Bertz CT molecular complexity index is 1350. The predicted octanol–water partition coefficient (Wildman–Crippen LogP) is 6.09. The maximum Gasteiger partial charge on any atom is 0.370 e. The first-order chi connectivity index (χ1) is 16.9. The summed E-state index contributed by atoms with van der Waals surface area (Å²) in [5.41, 5.74) is 3.99. The van der Waals surface area contributed by atoms with Gasteiger partial charge in [0.05, 0.1) is 17.1 Å². The second-order valence-electron chi connectivity index (χ2n) is 8.29. The van der Waals surface area contributed by atoms with E-state index < -0.39 is 5.97 Å². The van der Waals surface area contributed by atoms with E-state index in [0.29, 0.717) is 0 Å². The highest BCUT2D eigenvalue weighted by Gasteiger charge is 2.65. The van der Waals surface area contributed by atoms with E-state index in [2.05, 4.69) is 75.4 Å². The Kier molecular flexibility index (Phi) is 4.02. The fraction of sp³-hybridized carbons (Fsp3) is 0.0714. The standard InChI is InChI=1S/C28H21N5O/c1-4-11-21(12-5-1)31-24-17-10-18-25(24)34-28(31)32(22-13-6-2-7-14-22)26-27(30-20-19-29-26)33(28)23-15-8-3-9-16-23/h1-9,11-20H,10H2. The largest absolute Gasteiger partial charge is 0.430 e. The van der Waals surface area contributed by atoms with Crippen LogP contribution in [0.4, 0.5) is 28.7 Å². The lowest BCUT2D eigenvalue weighted by Gasteiger charge is -2.45. The molecule has 2 aliphatic heterocycles. The van der Waals surface area contributed by atoms with Crippen molar-refractivity contribution >= 4 is 28.7 Å². The highest BCUT2D eigenvalue weighted by Crippen LogP contribution is 2.58. The maximum absolute atomic E-state index is 7.01. The van der Waals surface area contributed by atoms with Crippen molar-refractivity contribution in [2.24, 2.45) is 0 Å². The molecule has 3 heterocycles. The lowest BCUT2D eigenvalue weighted by Crippen LogP contribution is -2.63. The van der Waals surface area contributed by atoms with Gasteiger partial charge in [0.25, 0.3) is 0 Å². The Hall–Kier alpha value is -4.58. The van der Waals surface area contributed by atoms with E-state index in [1.807, 2.05) is 42.5 Å². The van der Waals surface area contributed by atoms with Crippen LogP contribution >= 0.6 is 0 Å². The minimum Gasteiger partial charge on any atom is -0.430 e. The van der Waals surface area contributed by atoms with Crippen molar-refractivity contribution in [3.8, 4) is 0 Å². The smallest absolute Gasteiger partial charge is 0.370 e. The van der Waals surface area contributed by atoms with Crippen molar-refractivity contribution in [2.75, 3.05) is 14.7 Å². The van der Waals surface area contributed by atoms with Gasteiger partial charge in [-0.25, -0.2) is 19.8 Å². The summed E-state index contributed by atoms with van der Waals surface area (Å²) in [6, 6.07) is 30.9. The van der Waals surface area contributed by atoms with Crippen molar-refractivity contribution in [3.63, 3.8) is 0 Å². The van der Waals surface area contributed by atoms with Crippen LogP contribution in [0.3, 0.4) is 0 Å². The number of anilines is 5. The monoisotopic (exact) mass is 443 g/mol. The summed E-state index contributed by atoms with van der Waals surface area (Å²) in [6.45, 7) is 0. The van der Waals surface area contributed by atoms with Gasteiger partial charge in [-0.3, -0.25) is 4.90 Å². The Balaban J connectivity index is 1.58. The third-order valence-electron chi connectivity index (χ3n) is 6.36. The molecule has 3 aromatic carbocycles. The molecule has 0 saturated carbocycles. The average molecular weight is 444 g/mol. The molecule has 0 amide bonds. The van der Waals surface area contributed by atoms with E-state index in [-0.39, 0.29) is 0 Å². The normalized spacial score (nSPS) is 17.4. The van der Waals surface area contributed by atoms with E-state index >= 15 is 0 Å². The SMILES string of the molecule is C1=C2OC3(N(c4ccccc4)C2=CC1)N(c1ccccc1)c1nccnc1N3c1ccccc1. The van der Waals surface area contributed by atoms with Gasteiger partial charge in [0.1, 0.15) is 5.76 Å². The van der Waals surface area contributed by atoms with Gasteiger partial charge >= 0.3 is 5.97 Å². The zero-order valence-corrected chi connectivity index (χ0v) is 18.3.